The van der Waals surface area contributed by atoms with Gasteiger partial charge in [0.15, 0.2) is 0 Å². The summed E-state index contributed by atoms with van der Waals surface area (Å²) in [6, 6.07) is 13.3. The number of carbonyl (C=O) groups is 1. The van der Waals surface area contributed by atoms with Crippen molar-refractivity contribution < 1.29 is 9.21 Å². The van der Waals surface area contributed by atoms with E-state index in [1.807, 2.05) is 60.8 Å². The quantitative estimate of drug-likeness (QED) is 0.728. The smallest absolute Gasteiger partial charge is 0.241 e. The molecule has 0 radical (unpaired) electrons. The predicted octanol–water partition coefficient (Wildman–Crippen LogP) is 3.58. The molecule has 1 aromatic carbocycles. The first-order valence-corrected chi connectivity index (χ1v) is 9.15. The Bertz CT molecular complexity index is 900. The van der Waals surface area contributed by atoms with Gasteiger partial charge in [0.1, 0.15) is 5.76 Å². The van der Waals surface area contributed by atoms with Gasteiger partial charge in [-0.15, -0.1) is 0 Å². The van der Waals surface area contributed by atoms with Crippen molar-refractivity contribution in [1.82, 2.24) is 14.7 Å². The van der Waals surface area contributed by atoms with Crippen molar-refractivity contribution in [2.75, 3.05) is 18.4 Å². The molecule has 0 aliphatic carbocycles. The molecule has 6 heteroatoms. The van der Waals surface area contributed by atoms with Crippen LogP contribution >= 0.6 is 0 Å². The van der Waals surface area contributed by atoms with Crippen LogP contribution in [0.4, 0.5) is 5.69 Å². The zero-order valence-electron chi connectivity index (χ0n) is 15.0. The first-order valence-electron chi connectivity index (χ1n) is 9.15. The third kappa shape index (κ3) is 4.17. The molecule has 3 heterocycles. The number of aromatic nitrogens is 2. The molecule has 2 aromatic heterocycles. The Hall–Kier alpha value is -3.12. The molecule has 1 atom stereocenters. The summed E-state index contributed by atoms with van der Waals surface area (Å²) >= 11 is 0. The van der Waals surface area contributed by atoms with Crippen molar-refractivity contribution in [3.05, 3.63) is 73.0 Å². The Morgan fingerprint density at radius 2 is 2.26 bits per heavy atom. The summed E-state index contributed by atoms with van der Waals surface area (Å²) in [5.74, 6) is 0.863. The van der Waals surface area contributed by atoms with Crippen molar-refractivity contribution in [2.24, 2.45) is 0 Å². The molecule has 1 saturated heterocycles. The van der Waals surface area contributed by atoms with Gasteiger partial charge in [-0.05, 0) is 61.9 Å². The fourth-order valence-corrected chi connectivity index (χ4v) is 3.41. The highest BCUT2D eigenvalue weighted by Gasteiger charge is 2.29. The van der Waals surface area contributed by atoms with Gasteiger partial charge in [0, 0.05) is 24.6 Å². The number of nitrogens with zero attached hydrogens (tertiary/aromatic N) is 3. The first kappa shape index (κ1) is 17.3. The van der Waals surface area contributed by atoms with E-state index < -0.39 is 0 Å². The number of nitrogens with one attached hydrogen (secondary N) is 1. The highest BCUT2D eigenvalue weighted by atomic mass is 16.3. The molecule has 1 amide bonds. The lowest BCUT2D eigenvalue weighted by Crippen LogP contribution is -2.39. The van der Waals surface area contributed by atoms with Crippen LogP contribution in [0.3, 0.4) is 0 Å². The fourth-order valence-electron chi connectivity index (χ4n) is 3.41. The van der Waals surface area contributed by atoms with Crippen LogP contribution in [0.15, 0.2) is 71.6 Å². The second kappa shape index (κ2) is 8.05. The molecule has 0 saturated carbocycles. The van der Waals surface area contributed by atoms with Crippen molar-refractivity contribution in [3.8, 4) is 5.69 Å². The molecule has 138 valence electrons. The Labute approximate surface area is 158 Å². The second-order valence-corrected chi connectivity index (χ2v) is 6.56. The summed E-state index contributed by atoms with van der Waals surface area (Å²) in [5, 5.41) is 7.29. The van der Waals surface area contributed by atoms with E-state index in [1.54, 1.807) is 17.1 Å². The predicted molar refractivity (Wildman–Crippen MR) is 105 cm³/mol. The summed E-state index contributed by atoms with van der Waals surface area (Å²) in [4.78, 5) is 15.0. The SMILES string of the molecule is O=C(Nc1cccc(-n2cccn2)c1)[C@H]1CCCN1C/C=C/c1ccco1. The minimum absolute atomic E-state index is 0.0384. The van der Waals surface area contributed by atoms with E-state index in [-0.39, 0.29) is 11.9 Å². The Balaban J connectivity index is 1.39. The van der Waals surface area contributed by atoms with Crippen molar-refractivity contribution in [3.63, 3.8) is 0 Å². The molecule has 4 rings (SSSR count). The Kier molecular flexibility index (Phi) is 5.16. The lowest BCUT2D eigenvalue weighted by atomic mass is 10.2. The van der Waals surface area contributed by atoms with E-state index in [0.29, 0.717) is 0 Å². The third-order valence-electron chi connectivity index (χ3n) is 4.71. The standard InChI is InChI=1S/C21H22N4O2/c26-21(23-17-6-1-7-18(16-17)25-14-5-11-22-25)20-10-3-13-24(20)12-2-8-19-9-4-15-27-19/h1-2,4-9,11,14-16,20H,3,10,12-13H2,(H,23,26)/b8-2+/t20-/m1/s1. The summed E-state index contributed by atoms with van der Waals surface area (Å²) in [6.45, 7) is 1.65. The van der Waals surface area contributed by atoms with Crippen LogP contribution in [-0.4, -0.2) is 39.7 Å². The van der Waals surface area contributed by atoms with Gasteiger partial charge >= 0.3 is 0 Å². The van der Waals surface area contributed by atoms with E-state index in [2.05, 4.69) is 15.3 Å². The van der Waals surface area contributed by atoms with Crippen molar-refractivity contribution in [1.29, 1.82) is 0 Å². The molecular formula is C21H22N4O2. The van der Waals surface area contributed by atoms with Crippen LogP contribution < -0.4 is 5.32 Å². The van der Waals surface area contributed by atoms with Crippen LogP contribution in [0, 0.1) is 0 Å². The number of anilines is 1. The second-order valence-electron chi connectivity index (χ2n) is 6.56. The lowest BCUT2D eigenvalue weighted by molar-refractivity contribution is -0.120. The fraction of sp³-hybridized carbons (Fsp3) is 0.238. The zero-order chi connectivity index (χ0) is 18.5. The number of hydrogen-bond acceptors (Lipinski definition) is 4. The van der Waals surface area contributed by atoms with Gasteiger partial charge in [-0.2, -0.15) is 5.10 Å². The number of furan rings is 1. The number of amides is 1. The number of rotatable bonds is 6. The van der Waals surface area contributed by atoms with Crippen LogP contribution in [0.2, 0.25) is 0 Å². The molecule has 3 aromatic rings. The minimum atomic E-state index is -0.111. The molecule has 27 heavy (non-hydrogen) atoms. The van der Waals surface area contributed by atoms with E-state index in [0.717, 1.165) is 43.1 Å². The normalized spacial score (nSPS) is 17.6. The summed E-state index contributed by atoms with van der Waals surface area (Å²) in [6.07, 6.45) is 11.2. The monoisotopic (exact) mass is 362 g/mol. The number of hydrogen-bond donors (Lipinski definition) is 1. The minimum Gasteiger partial charge on any atom is -0.465 e. The maximum Gasteiger partial charge on any atom is 0.241 e. The molecule has 0 unspecified atom stereocenters. The maximum atomic E-state index is 12.8. The first-order chi connectivity index (χ1) is 13.3. The highest BCUT2D eigenvalue weighted by Crippen LogP contribution is 2.20. The largest absolute Gasteiger partial charge is 0.465 e. The molecule has 1 aliphatic rings. The Morgan fingerprint density at radius 1 is 1.30 bits per heavy atom. The van der Waals surface area contributed by atoms with Crippen molar-refractivity contribution in [2.45, 2.75) is 18.9 Å². The number of likely N-dealkylation sites (tertiary alicyclic amines) is 1. The van der Waals surface area contributed by atoms with Gasteiger partial charge in [-0.25, -0.2) is 4.68 Å². The van der Waals surface area contributed by atoms with Crippen LogP contribution in [-0.2, 0) is 4.79 Å². The van der Waals surface area contributed by atoms with Gasteiger partial charge in [0.05, 0.1) is 18.0 Å². The summed E-state index contributed by atoms with van der Waals surface area (Å²) < 4.78 is 7.08. The topological polar surface area (TPSA) is 63.3 Å². The number of carbonyl (C=O) groups excluding carboxylic acids is 1. The van der Waals surface area contributed by atoms with Crippen LogP contribution in [0.1, 0.15) is 18.6 Å². The van der Waals surface area contributed by atoms with E-state index in [1.165, 1.54) is 0 Å². The Morgan fingerprint density at radius 3 is 3.07 bits per heavy atom. The maximum absolute atomic E-state index is 12.8. The molecule has 1 N–H and O–H groups in total. The van der Waals surface area contributed by atoms with E-state index in [9.17, 15) is 4.79 Å². The number of benzene rings is 1. The summed E-state index contributed by atoms with van der Waals surface area (Å²) in [5.41, 5.74) is 1.70. The van der Waals surface area contributed by atoms with Gasteiger partial charge in [0.2, 0.25) is 5.91 Å². The van der Waals surface area contributed by atoms with E-state index in [4.69, 9.17) is 4.42 Å². The van der Waals surface area contributed by atoms with Crippen molar-refractivity contribution >= 4 is 17.7 Å². The van der Waals surface area contributed by atoms with E-state index >= 15 is 0 Å². The van der Waals surface area contributed by atoms with Crippen LogP contribution in [0.5, 0.6) is 0 Å². The molecule has 1 aliphatic heterocycles. The zero-order valence-corrected chi connectivity index (χ0v) is 15.0. The molecule has 1 fully saturated rings. The summed E-state index contributed by atoms with van der Waals surface area (Å²) in [7, 11) is 0. The molecular weight excluding hydrogens is 340 g/mol. The average Bonchev–Trinajstić information content (AvgIpc) is 3.44. The van der Waals surface area contributed by atoms with Gasteiger partial charge in [-0.1, -0.05) is 12.1 Å². The van der Waals surface area contributed by atoms with Gasteiger partial charge in [0.25, 0.3) is 0 Å². The lowest BCUT2D eigenvalue weighted by Gasteiger charge is -2.22. The third-order valence-corrected chi connectivity index (χ3v) is 4.71. The molecule has 0 bridgehead atoms. The van der Waals surface area contributed by atoms with Gasteiger partial charge < -0.3 is 9.73 Å². The highest BCUT2D eigenvalue weighted by molar-refractivity contribution is 5.95. The van der Waals surface area contributed by atoms with Gasteiger partial charge in [-0.3, -0.25) is 9.69 Å². The molecule has 0 spiro atoms. The molecule has 6 nitrogen and oxygen atoms in total. The van der Waals surface area contributed by atoms with Crippen LogP contribution in [0.25, 0.3) is 11.8 Å². The average molecular weight is 362 g/mol.